The van der Waals surface area contributed by atoms with Crippen LogP contribution in [0.4, 0.5) is 0 Å². The van der Waals surface area contributed by atoms with Crippen LogP contribution in [-0.4, -0.2) is 23.1 Å². The number of hydrogen-bond donors (Lipinski definition) is 1. The van der Waals surface area contributed by atoms with Crippen LogP contribution in [0.2, 0.25) is 0 Å². The Morgan fingerprint density at radius 1 is 1.14 bits per heavy atom. The highest BCUT2D eigenvalue weighted by molar-refractivity contribution is 9.10. The number of phenols is 1. The van der Waals surface area contributed by atoms with Crippen LogP contribution in [0.25, 0.3) is 0 Å². The van der Waals surface area contributed by atoms with E-state index >= 15 is 0 Å². The van der Waals surface area contributed by atoms with Gasteiger partial charge in [0.05, 0.1) is 4.47 Å². The summed E-state index contributed by atoms with van der Waals surface area (Å²) < 4.78 is 0.803. The van der Waals surface area contributed by atoms with Crippen molar-refractivity contribution >= 4 is 32.9 Å². The molecule has 2 atom stereocenters. The summed E-state index contributed by atoms with van der Waals surface area (Å²) in [6.07, 6.45) is 2.27. The molecule has 1 heterocycles. The Morgan fingerprint density at radius 3 is 2.73 bits per heavy atom. The summed E-state index contributed by atoms with van der Waals surface area (Å²) in [5.74, 6) is 0.725. The molecule has 0 saturated carbocycles. The number of nitrogens with zero attached hydrogens (tertiary/aromatic N) is 1. The Hall–Kier alpha value is -0.840. The normalized spacial score (nSPS) is 23.0. The standard InChI is InChI=1S/C18H18BrNO.BrH/c1-20-10-12-4-2-3-5-13(12)18-14-9-17(21)15(19)8-11(14)6-7-16(18)20;/h2-5,8-9,16,18,21H,6-7,10H2,1H3;1H/t16-,18-;/m0./s1. The molecule has 0 fully saturated rings. The van der Waals surface area contributed by atoms with Crippen molar-refractivity contribution in [3.05, 3.63) is 63.1 Å². The Balaban J connectivity index is 0.00000144. The fraction of sp³-hybridized carbons (Fsp3) is 0.333. The minimum atomic E-state index is 0. The van der Waals surface area contributed by atoms with E-state index in [0.717, 1.165) is 17.4 Å². The molecular weight excluding hydrogens is 406 g/mol. The first kappa shape index (κ1) is 16.0. The summed E-state index contributed by atoms with van der Waals surface area (Å²) in [6.45, 7) is 1.02. The maximum atomic E-state index is 10.1. The van der Waals surface area contributed by atoms with Crippen LogP contribution in [0.3, 0.4) is 0 Å². The molecule has 0 saturated heterocycles. The van der Waals surface area contributed by atoms with Crippen molar-refractivity contribution in [3.8, 4) is 5.75 Å². The number of aryl methyl sites for hydroxylation is 1. The molecule has 0 unspecified atom stereocenters. The van der Waals surface area contributed by atoms with E-state index < -0.39 is 0 Å². The lowest BCUT2D eigenvalue weighted by molar-refractivity contribution is 0.178. The zero-order chi connectivity index (χ0) is 14.6. The summed E-state index contributed by atoms with van der Waals surface area (Å²) in [6, 6.07) is 13.3. The van der Waals surface area contributed by atoms with Crippen molar-refractivity contribution in [2.75, 3.05) is 7.05 Å². The maximum absolute atomic E-state index is 10.1. The first-order valence-electron chi connectivity index (χ1n) is 7.44. The quantitative estimate of drug-likeness (QED) is 0.666. The third-order valence-corrected chi connectivity index (χ3v) is 5.65. The van der Waals surface area contributed by atoms with Gasteiger partial charge in [-0.1, -0.05) is 24.3 Å². The largest absolute Gasteiger partial charge is 0.507 e. The van der Waals surface area contributed by atoms with Crippen molar-refractivity contribution < 1.29 is 5.11 Å². The van der Waals surface area contributed by atoms with Crippen LogP contribution in [0, 0.1) is 0 Å². The molecular formula is C18H19Br2NO. The molecule has 4 heteroatoms. The lowest BCUT2D eigenvalue weighted by atomic mass is 9.72. The van der Waals surface area contributed by atoms with Crippen molar-refractivity contribution in [1.82, 2.24) is 4.90 Å². The monoisotopic (exact) mass is 423 g/mol. The van der Waals surface area contributed by atoms with Crippen LogP contribution in [0.5, 0.6) is 5.75 Å². The summed E-state index contributed by atoms with van der Waals surface area (Å²) in [5.41, 5.74) is 5.51. The average molecular weight is 425 g/mol. The Kier molecular flexibility index (Phi) is 4.36. The molecule has 4 rings (SSSR count). The van der Waals surface area contributed by atoms with E-state index in [2.05, 4.69) is 58.2 Å². The van der Waals surface area contributed by atoms with E-state index in [1.807, 2.05) is 6.07 Å². The molecule has 116 valence electrons. The Labute approximate surface area is 150 Å². The van der Waals surface area contributed by atoms with E-state index in [1.165, 1.54) is 28.7 Å². The van der Waals surface area contributed by atoms with E-state index in [-0.39, 0.29) is 17.0 Å². The zero-order valence-corrected chi connectivity index (χ0v) is 15.7. The molecule has 22 heavy (non-hydrogen) atoms. The van der Waals surface area contributed by atoms with Gasteiger partial charge in [-0.3, -0.25) is 4.90 Å². The second kappa shape index (κ2) is 5.99. The number of phenolic OH excluding ortho intramolecular Hbond substituents is 1. The van der Waals surface area contributed by atoms with E-state index in [0.29, 0.717) is 17.7 Å². The van der Waals surface area contributed by atoms with Crippen LogP contribution < -0.4 is 0 Å². The predicted octanol–water partition coefficient (Wildman–Crippen LogP) is 4.62. The van der Waals surface area contributed by atoms with Gasteiger partial charge in [0.25, 0.3) is 0 Å². The van der Waals surface area contributed by atoms with Crippen LogP contribution in [0.1, 0.15) is 34.6 Å². The number of aromatic hydroxyl groups is 1. The van der Waals surface area contributed by atoms with Gasteiger partial charge in [0.2, 0.25) is 0 Å². The molecule has 1 aliphatic heterocycles. The minimum Gasteiger partial charge on any atom is -0.507 e. The molecule has 0 spiro atoms. The van der Waals surface area contributed by atoms with Gasteiger partial charge >= 0.3 is 0 Å². The second-order valence-corrected chi connectivity index (χ2v) is 7.05. The van der Waals surface area contributed by atoms with Crippen LogP contribution >= 0.6 is 32.9 Å². The third-order valence-electron chi connectivity index (χ3n) is 5.01. The molecule has 0 radical (unpaired) electrons. The Bertz CT molecular complexity index is 716. The number of halogens is 2. The van der Waals surface area contributed by atoms with Crippen molar-refractivity contribution in [3.63, 3.8) is 0 Å². The molecule has 1 N–H and O–H groups in total. The highest BCUT2D eigenvalue weighted by Crippen LogP contribution is 2.45. The maximum Gasteiger partial charge on any atom is 0.130 e. The van der Waals surface area contributed by atoms with Crippen LogP contribution in [-0.2, 0) is 13.0 Å². The topological polar surface area (TPSA) is 23.5 Å². The summed E-state index contributed by atoms with van der Waals surface area (Å²) >= 11 is 3.45. The highest BCUT2D eigenvalue weighted by Gasteiger charge is 2.38. The van der Waals surface area contributed by atoms with E-state index in [9.17, 15) is 5.11 Å². The average Bonchev–Trinajstić information content (AvgIpc) is 2.48. The van der Waals surface area contributed by atoms with Gasteiger partial charge < -0.3 is 5.11 Å². The first-order chi connectivity index (χ1) is 10.1. The SMILES string of the molecule is Br.CN1Cc2ccccc2[C@H]2c3cc(O)c(Br)cc3CC[C@@H]21. The molecule has 2 aliphatic rings. The second-order valence-electron chi connectivity index (χ2n) is 6.20. The van der Waals surface area contributed by atoms with E-state index in [4.69, 9.17) is 0 Å². The van der Waals surface area contributed by atoms with E-state index in [1.54, 1.807) is 0 Å². The Morgan fingerprint density at radius 2 is 1.91 bits per heavy atom. The summed E-state index contributed by atoms with van der Waals surface area (Å²) in [4.78, 5) is 2.47. The molecule has 0 amide bonds. The summed E-state index contributed by atoms with van der Waals surface area (Å²) in [5, 5.41) is 10.1. The number of rotatable bonds is 0. The number of benzene rings is 2. The van der Waals surface area contributed by atoms with Crippen molar-refractivity contribution in [1.29, 1.82) is 0 Å². The molecule has 1 aliphatic carbocycles. The smallest absolute Gasteiger partial charge is 0.130 e. The van der Waals surface area contributed by atoms with Gasteiger partial charge in [-0.2, -0.15) is 0 Å². The summed E-state index contributed by atoms with van der Waals surface area (Å²) in [7, 11) is 2.22. The number of hydrogen-bond acceptors (Lipinski definition) is 2. The lowest BCUT2D eigenvalue weighted by Crippen LogP contribution is -2.43. The lowest BCUT2D eigenvalue weighted by Gasteiger charge is -2.44. The fourth-order valence-corrected chi connectivity index (χ4v) is 4.41. The van der Waals surface area contributed by atoms with Gasteiger partial charge in [0.1, 0.15) is 5.75 Å². The van der Waals surface area contributed by atoms with Gasteiger partial charge in [0.15, 0.2) is 0 Å². The molecule has 2 aromatic rings. The fourth-order valence-electron chi connectivity index (χ4n) is 4.02. The highest BCUT2D eigenvalue weighted by atomic mass is 79.9. The number of likely N-dealkylation sites (N-methyl/N-ethyl adjacent to an activating group) is 1. The van der Waals surface area contributed by atoms with Crippen molar-refractivity contribution in [2.45, 2.75) is 31.3 Å². The van der Waals surface area contributed by atoms with Gasteiger partial charge in [0, 0.05) is 18.5 Å². The van der Waals surface area contributed by atoms with Crippen LogP contribution in [0.15, 0.2) is 40.9 Å². The molecule has 0 bridgehead atoms. The predicted molar refractivity (Wildman–Crippen MR) is 98.0 cm³/mol. The van der Waals surface area contributed by atoms with Gasteiger partial charge in [-0.15, -0.1) is 17.0 Å². The van der Waals surface area contributed by atoms with Gasteiger partial charge in [-0.05, 0) is 70.2 Å². The molecule has 2 aromatic carbocycles. The minimum absolute atomic E-state index is 0. The molecule has 0 aromatic heterocycles. The third kappa shape index (κ3) is 2.41. The van der Waals surface area contributed by atoms with Gasteiger partial charge in [-0.25, -0.2) is 0 Å². The zero-order valence-electron chi connectivity index (χ0n) is 12.4. The van der Waals surface area contributed by atoms with Crippen molar-refractivity contribution in [2.24, 2.45) is 0 Å². The first-order valence-corrected chi connectivity index (χ1v) is 8.24. The molecule has 2 nitrogen and oxygen atoms in total. The number of fused-ring (bicyclic) bond motifs is 5.